The lowest BCUT2D eigenvalue weighted by molar-refractivity contribution is -0.140. The maximum absolute atomic E-state index is 14.5. The second-order valence-electron chi connectivity index (χ2n) is 11.0. The van der Waals surface area contributed by atoms with Gasteiger partial charge in [0.2, 0.25) is 11.8 Å². The average Bonchev–Trinajstić information content (AvgIpc) is 3.56. The zero-order chi connectivity index (χ0) is 30.9. The maximum Gasteiger partial charge on any atom is 0.264 e. The molecule has 1 aliphatic carbocycles. The SMILES string of the molecule is O=C(NC1CCCC1)C(Cc1ccccc1)N(Cc1ccccc1Cl)C(=O)CN(c1ccccc1)S(=O)(=O)c1ccccc1. The molecule has 1 N–H and O–H groups in total. The van der Waals surface area contributed by atoms with Crippen molar-refractivity contribution in [2.45, 2.75) is 55.6 Å². The molecule has 0 radical (unpaired) electrons. The fourth-order valence-electron chi connectivity index (χ4n) is 5.57. The Morgan fingerprint density at radius 2 is 1.36 bits per heavy atom. The molecular formula is C35H36ClN3O4S. The molecule has 0 saturated heterocycles. The number of hydrogen-bond donors (Lipinski definition) is 1. The number of para-hydroxylation sites is 1. The zero-order valence-corrected chi connectivity index (χ0v) is 26.0. The number of carbonyl (C=O) groups is 2. The van der Waals surface area contributed by atoms with Gasteiger partial charge in [-0.05, 0) is 54.3 Å². The van der Waals surface area contributed by atoms with Crippen molar-refractivity contribution in [1.82, 2.24) is 10.2 Å². The van der Waals surface area contributed by atoms with Gasteiger partial charge in [0.05, 0.1) is 10.6 Å². The van der Waals surface area contributed by atoms with Gasteiger partial charge in [0.25, 0.3) is 10.0 Å². The Balaban J connectivity index is 1.55. The summed E-state index contributed by atoms with van der Waals surface area (Å²) in [6, 6.07) is 32.4. The van der Waals surface area contributed by atoms with E-state index >= 15 is 0 Å². The summed E-state index contributed by atoms with van der Waals surface area (Å²) < 4.78 is 29.1. The van der Waals surface area contributed by atoms with Crippen molar-refractivity contribution < 1.29 is 18.0 Å². The first-order valence-electron chi connectivity index (χ1n) is 14.8. The minimum absolute atomic E-state index is 0.0299. The van der Waals surface area contributed by atoms with Gasteiger partial charge in [-0.25, -0.2) is 8.42 Å². The van der Waals surface area contributed by atoms with Gasteiger partial charge < -0.3 is 10.2 Å². The van der Waals surface area contributed by atoms with E-state index in [4.69, 9.17) is 11.6 Å². The Labute approximate surface area is 264 Å². The predicted octanol–water partition coefficient (Wildman–Crippen LogP) is 6.23. The first kappa shape index (κ1) is 31.3. The second-order valence-corrected chi connectivity index (χ2v) is 13.2. The molecule has 1 atom stereocenters. The monoisotopic (exact) mass is 629 g/mol. The Hall–Kier alpha value is -4.14. The Bertz CT molecular complexity index is 1650. The molecule has 4 aromatic carbocycles. The van der Waals surface area contributed by atoms with E-state index < -0.39 is 28.5 Å². The van der Waals surface area contributed by atoms with E-state index in [1.54, 1.807) is 60.7 Å². The molecule has 0 spiro atoms. The summed E-state index contributed by atoms with van der Waals surface area (Å²) in [6.07, 6.45) is 4.12. The molecule has 5 rings (SSSR count). The molecule has 7 nitrogen and oxygen atoms in total. The lowest BCUT2D eigenvalue weighted by atomic mass is 10.0. The van der Waals surface area contributed by atoms with Gasteiger partial charge in [-0.2, -0.15) is 0 Å². The van der Waals surface area contributed by atoms with E-state index in [1.165, 1.54) is 17.0 Å². The number of benzene rings is 4. The summed E-state index contributed by atoms with van der Waals surface area (Å²) in [5.74, 6) is -0.783. The first-order valence-corrected chi connectivity index (χ1v) is 16.6. The highest BCUT2D eigenvalue weighted by atomic mass is 35.5. The molecule has 1 fully saturated rings. The molecule has 228 valence electrons. The molecule has 44 heavy (non-hydrogen) atoms. The number of nitrogens with zero attached hydrogens (tertiary/aromatic N) is 2. The highest BCUT2D eigenvalue weighted by molar-refractivity contribution is 7.92. The van der Waals surface area contributed by atoms with Crippen LogP contribution in [0.2, 0.25) is 5.02 Å². The highest BCUT2D eigenvalue weighted by Crippen LogP contribution is 2.26. The van der Waals surface area contributed by atoms with Gasteiger partial charge in [0.15, 0.2) is 0 Å². The largest absolute Gasteiger partial charge is 0.352 e. The Kier molecular flexibility index (Phi) is 10.4. The number of carbonyl (C=O) groups excluding carboxylic acids is 2. The minimum Gasteiger partial charge on any atom is -0.352 e. The van der Waals surface area contributed by atoms with Crippen molar-refractivity contribution >= 4 is 39.1 Å². The highest BCUT2D eigenvalue weighted by Gasteiger charge is 2.35. The lowest BCUT2D eigenvalue weighted by Gasteiger charge is -2.34. The number of rotatable bonds is 12. The predicted molar refractivity (Wildman–Crippen MR) is 174 cm³/mol. The summed E-state index contributed by atoms with van der Waals surface area (Å²) in [5.41, 5.74) is 1.89. The minimum atomic E-state index is -4.13. The quantitative estimate of drug-likeness (QED) is 0.201. The summed E-state index contributed by atoms with van der Waals surface area (Å²) in [6.45, 7) is -0.476. The fraction of sp³-hybridized carbons (Fsp3) is 0.257. The van der Waals surface area contributed by atoms with Crippen LogP contribution >= 0.6 is 11.6 Å². The molecule has 2 amide bonds. The van der Waals surface area contributed by atoms with E-state index in [1.807, 2.05) is 42.5 Å². The first-order chi connectivity index (χ1) is 21.3. The molecule has 0 aromatic heterocycles. The molecule has 1 saturated carbocycles. The van der Waals surface area contributed by atoms with Crippen molar-refractivity contribution in [2.75, 3.05) is 10.8 Å². The van der Waals surface area contributed by atoms with Crippen LogP contribution in [-0.4, -0.2) is 43.8 Å². The van der Waals surface area contributed by atoms with Gasteiger partial charge in [-0.15, -0.1) is 0 Å². The van der Waals surface area contributed by atoms with E-state index in [-0.39, 0.29) is 29.8 Å². The van der Waals surface area contributed by atoms with E-state index in [2.05, 4.69) is 5.32 Å². The van der Waals surface area contributed by atoms with Crippen molar-refractivity contribution in [3.63, 3.8) is 0 Å². The molecule has 9 heteroatoms. The van der Waals surface area contributed by atoms with Crippen LogP contribution in [0.3, 0.4) is 0 Å². The van der Waals surface area contributed by atoms with Crippen LogP contribution in [0.4, 0.5) is 5.69 Å². The van der Waals surface area contributed by atoms with E-state index in [0.29, 0.717) is 16.3 Å². The molecule has 1 aliphatic rings. The van der Waals surface area contributed by atoms with Crippen LogP contribution in [-0.2, 0) is 32.6 Å². The third-order valence-electron chi connectivity index (χ3n) is 7.93. The number of anilines is 1. The molecule has 4 aromatic rings. The topological polar surface area (TPSA) is 86.8 Å². The molecular weight excluding hydrogens is 594 g/mol. The van der Waals surface area contributed by atoms with Crippen LogP contribution in [0.5, 0.6) is 0 Å². The standard InChI is InChI=1S/C35H36ClN3O4S/c36-32-23-13-10-16-28(32)25-38(33(24-27-14-4-1-5-15-27)35(41)37-29-17-11-12-18-29)34(40)26-39(30-19-6-2-7-20-30)44(42,43)31-21-8-3-9-22-31/h1-10,13-16,19-23,29,33H,11-12,17-18,24-26H2,(H,37,41). The van der Waals surface area contributed by atoms with Crippen LogP contribution in [0, 0.1) is 0 Å². The normalized spacial score (nSPS) is 14.1. The number of halogens is 1. The van der Waals surface area contributed by atoms with Crippen molar-refractivity contribution in [3.8, 4) is 0 Å². The zero-order valence-electron chi connectivity index (χ0n) is 24.4. The number of sulfonamides is 1. The summed E-state index contributed by atoms with van der Waals surface area (Å²) in [7, 11) is -4.13. The van der Waals surface area contributed by atoms with Crippen LogP contribution in [0.25, 0.3) is 0 Å². The number of nitrogens with one attached hydrogen (secondary N) is 1. The third-order valence-corrected chi connectivity index (χ3v) is 10.1. The van der Waals surface area contributed by atoms with Gasteiger partial charge in [0, 0.05) is 24.0 Å². The summed E-state index contributed by atoms with van der Waals surface area (Å²) >= 11 is 6.56. The Morgan fingerprint density at radius 1 is 0.795 bits per heavy atom. The smallest absolute Gasteiger partial charge is 0.264 e. The average molecular weight is 630 g/mol. The van der Waals surface area contributed by atoms with Crippen LogP contribution < -0.4 is 9.62 Å². The molecule has 0 bridgehead atoms. The summed E-state index contributed by atoms with van der Waals surface area (Å²) in [5, 5.41) is 3.63. The summed E-state index contributed by atoms with van der Waals surface area (Å²) in [4.78, 5) is 30.1. The lowest BCUT2D eigenvalue weighted by Crippen LogP contribution is -2.54. The van der Waals surface area contributed by atoms with Gasteiger partial charge in [-0.1, -0.05) is 109 Å². The van der Waals surface area contributed by atoms with Crippen molar-refractivity contribution in [1.29, 1.82) is 0 Å². The molecule has 0 heterocycles. The van der Waals surface area contributed by atoms with Gasteiger partial charge >= 0.3 is 0 Å². The number of amides is 2. The maximum atomic E-state index is 14.5. The molecule has 0 aliphatic heterocycles. The molecule has 1 unspecified atom stereocenters. The van der Waals surface area contributed by atoms with Gasteiger partial charge in [0.1, 0.15) is 12.6 Å². The fourth-order valence-corrected chi connectivity index (χ4v) is 7.21. The third kappa shape index (κ3) is 7.68. The van der Waals surface area contributed by atoms with Crippen molar-refractivity contribution in [3.05, 3.63) is 131 Å². The van der Waals surface area contributed by atoms with Gasteiger partial charge in [-0.3, -0.25) is 13.9 Å². The van der Waals surface area contributed by atoms with E-state index in [0.717, 1.165) is 35.6 Å². The Morgan fingerprint density at radius 3 is 2.00 bits per heavy atom. The van der Waals surface area contributed by atoms with E-state index in [9.17, 15) is 18.0 Å². The van der Waals surface area contributed by atoms with Crippen molar-refractivity contribution in [2.24, 2.45) is 0 Å². The van der Waals surface area contributed by atoms with Crippen LogP contribution in [0.15, 0.2) is 120 Å². The van der Waals surface area contributed by atoms with Crippen LogP contribution in [0.1, 0.15) is 36.8 Å². The second kappa shape index (κ2) is 14.6. The number of hydrogen-bond acceptors (Lipinski definition) is 4.